The molecule has 3 rings (SSSR count). The van der Waals surface area contributed by atoms with Crippen LogP contribution in [-0.2, 0) is 19.5 Å². The zero-order valence-electron chi connectivity index (χ0n) is 10.7. The van der Waals surface area contributed by atoms with Gasteiger partial charge in [-0.05, 0) is 31.7 Å². The van der Waals surface area contributed by atoms with E-state index < -0.39 is 0 Å². The van der Waals surface area contributed by atoms with Crippen LogP contribution in [0.15, 0.2) is 24.8 Å². The molecule has 2 aromatic rings. The van der Waals surface area contributed by atoms with E-state index in [1.165, 1.54) is 5.56 Å². The normalized spacial score (nSPS) is 18.9. The van der Waals surface area contributed by atoms with Crippen molar-refractivity contribution in [1.29, 1.82) is 0 Å². The number of fused-ring (bicyclic) bond motifs is 1. The topological polar surface area (TPSA) is 43.0 Å². The number of aromatic nitrogens is 3. The first-order chi connectivity index (χ1) is 8.78. The Bertz CT molecular complexity index is 541. The molecule has 0 aromatic carbocycles. The van der Waals surface area contributed by atoms with Crippen molar-refractivity contribution >= 4 is 0 Å². The highest BCUT2D eigenvalue weighted by atomic mass is 16.3. The molecule has 2 aromatic heterocycles. The molecule has 1 unspecified atom stereocenters. The van der Waals surface area contributed by atoms with Gasteiger partial charge in [0, 0.05) is 36.9 Å². The fraction of sp³-hybridized carbons (Fsp3) is 0.500. The first-order valence-electron chi connectivity index (χ1n) is 6.64. The SMILES string of the molecule is CCn1ccnc1Cn1cc2c(c1)C(O)CCC2. The third-order valence-corrected chi connectivity index (χ3v) is 3.75. The minimum Gasteiger partial charge on any atom is -0.388 e. The quantitative estimate of drug-likeness (QED) is 0.900. The highest BCUT2D eigenvalue weighted by Crippen LogP contribution is 2.30. The fourth-order valence-corrected chi connectivity index (χ4v) is 2.76. The molecule has 1 atom stereocenters. The summed E-state index contributed by atoms with van der Waals surface area (Å²) in [7, 11) is 0. The molecule has 4 nitrogen and oxygen atoms in total. The molecule has 1 N–H and O–H groups in total. The van der Waals surface area contributed by atoms with E-state index in [1.807, 2.05) is 12.4 Å². The van der Waals surface area contributed by atoms with E-state index in [1.54, 1.807) is 0 Å². The van der Waals surface area contributed by atoms with Crippen molar-refractivity contribution in [3.8, 4) is 0 Å². The molecule has 1 aliphatic rings. The van der Waals surface area contributed by atoms with Gasteiger partial charge in [-0.15, -0.1) is 0 Å². The van der Waals surface area contributed by atoms with E-state index in [4.69, 9.17) is 0 Å². The van der Waals surface area contributed by atoms with Crippen LogP contribution in [0.3, 0.4) is 0 Å². The Balaban J connectivity index is 1.85. The van der Waals surface area contributed by atoms with Crippen LogP contribution < -0.4 is 0 Å². The number of imidazole rings is 1. The first-order valence-corrected chi connectivity index (χ1v) is 6.64. The van der Waals surface area contributed by atoms with E-state index in [2.05, 4.69) is 33.4 Å². The average molecular weight is 245 g/mol. The molecule has 4 heteroatoms. The minimum absolute atomic E-state index is 0.277. The van der Waals surface area contributed by atoms with E-state index in [9.17, 15) is 5.11 Å². The van der Waals surface area contributed by atoms with Crippen LogP contribution in [-0.4, -0.2) is 19.2 Å². The molecule has 1 aliphatic carbocycles. The number of aryl methyl sites for hydroxylation is 2. The smallest absolute Gasteiger partial charge is 0.128 e. The standard InChI is InChI=1S/C14H19N3O/c1-2-17-7-6-15-14(17)10-16-8-11-4-3-5-13(18)12(11)9-16/h6-9,13,18H,2-5,10H2,1H3. The molecule has 0 fully saturated rings. The maximum absolute atomic E-state index is 9.97. The molecule has 2 heterocycles. The summed E-state index contributed by atoms with van der Waals surface area (Å²) in [4.78, 5) is 4.39. The van der Waals surface area contributed by atoms with Gasteiger partial charge >= 0.3 is 0 Å². The van der Waals surface area contributed by atoms with E-state index in [0.29, 0.717) is 0 Å². The van der Waals surface area contributed by atoms with Crippen LogP contribution in [0.25, 0.3) is 0 Å². The lowest BCUT2D eigenvalue weighted by atomic mass is 9.93. The molecule has 0 spiro atoms. The van der Waals surface area contributed by atoms with Crippen LogP contribution >= 0.6 is 0 Å². The van der Waals surface area contributed by atoms with Crippen LogP contribution in [0.1, 0.15) is 42.8 Å². The van der Waals surface area contributed by atoms with Gasteiger partial charge in [-0.25, -0.2) is 4.98 Å². The second-order valence-corrected chi connectivity index (χ2v) is 4.95. The third-order valence-electron chi connectivity index (χ3n) is 3.75. The zero-order chi connectivity index (χ0) is 12.5. The lowest BCUT2D eigenvalue weighted by molar-refractivity contribution is 0.157. The summed E-state index contributed by atoms with van der Waals surface area (Å²) in [6, 6.07) is 0. The molecule has 0 saturated carbocycles. The van der Waals surface area contributed by atoms with Crippen LogP contribution in [0.4, 0.5) is 0 Å². The molecule has 0 aliphatic heterocycles. The number of hydrogen-bond acceptors (Lipinski definition) is 2. The van der Waals surface area contributed by atoms with Gasteiger partial charge in [0.25, 0.3) is 0 Å². The van der Waals surface area contributed by atoms with Crippen LogP contribution in [0, 0.1) is 0 Å². The number of aliphatic hydroxyl groups excluding tert-OH is 1. The Morgan fingerprint density at radius 3 is 3.11 bits per heavy atom. The Morgan fingerprint density at radius 1 is 1.44 bits per heavy atom. The van der Waals surface area contributed by atoms with Crippen molar-refractivity contribution in [2.75, 3.05) is 0 Å². The first kappa shape index (κ1) is 11.5. The monoisotopic (exact) mass is 245 g/mol. The molecular formula is C14H19N3O. The summed E-state index contributed by atoms with van der Waals surface area (Å²) in [5, 5.41) is 9.97. The lowest BCUT2D eigenvalue weighted by Gasteiger charge is -2.16. The summed E-state index contributed by atoms with van der Waals surface area (Å²) in [6.45, 7) is 3.84. The van der Waals surface area contributed by atoms with Gasteiger partial charge < -0.3 is 14.2 Å². The van der Waals surface area contributed by atoms with Gasteiger partial charge in [0.1, 0.15) is 5.82 Å². The molecule has 96 valence electrons. The van der Waals surface area contributed by atoms with E-state index in [0.717, 1.165) is 43.7 Å². The van der Waals surface area contributed by atoms with E-state index in [-0.39, 0.29) is 6.10 Å². The Morgan fingerprint density at radius 2 is 2.33 bits per heavy atom. The van der Waals surface area contributed by atoms with E-state index >= 15 is 0 Å². The molecule has 0 amide bonds. The van der Waals surface area contributed by atoms with Gasteiger partial charge in [0.15, 0.2) is 0 Å². The molecule has 0 saturated heterocycles. The van der Waals surface area contributed by atoms with Crippen molar-refractivity contribution in [1.82, 2.24) is 14.1 Å². The zero-order valence-corrected chi connectivity index (χ0v) is 10.7. The molecule has 18 heavy (non-hydrogen) atoms. The summed E-state index contributed by atoms with van der Waals surface area (Å²) in [5.41, 5.74) is 2.40. The maximum Gasteiger partial charge on any atom is 0.128 e. The number of rotatable bonds is 3. The Kier molecular flexibility index (Phi) is 2.96. The van der Waals surface area contributed by atoms with Gasteiger partial charge in [-0.1, -0.05) is 0 Å². The second-order valence-electron chi connectivity index (χ2n) is 4.95. The second kappa shape index (κ2) is 4.61. The maximum atomic E-state index is 9.97. The van der Waals surface area contributed by atoms with Crippen molar-refractivity contribution in [3.63, 3.8) is 0 Å². The Hall–Kier alpha value is -1.55. The summed E-state index contributed by atoms with van der Waals surface area (Å²) in [5.74, 6) is 1.07. The summed E-state index contributed by atoms with van der Waals surface area (Å²) >= 11 is 0. The van der Waals surface area contributed by atoms with Gasteiger partial charge in [0.05, 0.1) is 12.6 Å². The number of hydrogen-bond donors (Lipinski definition) is 1. The van der Waals surface area contributed by atoms with Gasteiger partial charge in [-0.3, -0.25) is 0 Å². The third kappa shape index (κ3) is 1.97. The van der Waals surface area contributed by atoms with Crippen LogP contribution in [0.2, 0.25) is 0 Å². The predicted molar refractivity (Wildman–Crippen MR) is 69.3 cm³/mol. The Labute approximate surface area is 107 Å². The lowest BCUT2D eigenvalue weighted by Crippen LogP contribution is -2.06. The molecular weight excluding hydrogens is 226 g/mol. The highest BCUT2D eigenvalue weighted by Gasteiger charge is 2.20. The number of aliphatic hydroxyl groups is 1. The highest BCUT2D eigenvalue weighted by molar-refractivity contribution is 5.29. The fourth-order valence-electron chi connectivity index (χ4n) is 2.76. The predicted octanol–water partition coefficient (Wildman–Crippen LogP) is 2.12. The van der Waals surface area contributed by atoms with Crippen molar-refractivity contribution in [2.24, 2.45) is 0 Å². The molecule has 0 bridgehead atoms. The van der Waals surface area contributed by atoms with Crippen molar-refractivity contribution in [3.05, 3.63) is 41.7 Å². The summed E-state index contributed by atoms with van der Waals surface area (Å²) < 4.78 is 4.29. The average Bonchev–Trinajstić information content (AvgIpc) is 2.96. The van der Waals surface area contributed by atoms with Crippen LogP contribution in [0.5, 0.6) is 0 Å². The molecule has 0 radical (unpaired) electrons. The van der Waals surface area contributed by atoms with Gasteiger partial charge in [0.2, 0.25) is 0 Å². The van der Waals surface area contributed by atoms with Gasteiger partial charge in [-0.2, -0.15) is 0 Å². The van der Waals surface area contributed by atoms with Crippen molar-refractivity contribution in [2.45, 2.75) is 45.4 Å². The summed E-state index contributed by atoms with van der Waals surface area (Å²) in [6.07, 6.45) is 10.9. The largest absolute Gasteiger partial charge is 0.388 e. The number of nitrogens with zero attached hydrogens (tertiary/aromatic N) is 3. The minimum atomic E-state index is -0.277. The van der Waals surface area contributed by atoms with Crippen molar-refractivity contribution < 1.29 is 5.11 Å².